The van der Waals surface area contributed by atoms with Gasteiger partial charge in [0.15, 0.2) is 0 Å². The lowest BCUT2D eigenvalue weighted by Crippen LogP contribution is -2.32. The van der Waals surface area contributed by atoms with Crippen molar-refractivity contribution in [3.8, 4) is 0 Å². The number of allylic oxidation sites excluding steroid dienone is 1. The maximum absolute atomic E-state index is 11.7. The molecule has 94 valence electrons. The van der Waals surface area contributed by atoms with Gasteiger partial charge in [0.25, 0.3) is 0 Å². The summed E-state index contributed by atoms with van der Waals surface area (Å²) in [4.78, 5) is 0. The van der Waals surface area contributed by atoms with E-state index >= 15 is 0 Å². The number of alkyl halides is 6. The van der Waals surface area contributed by atoms with E-state index in [-0.39, 0.29) is 6.32 Å². The molecular weight excluding hydrogens is 241 g/mol. The van der Waals surface area contributed by atoms with Gasteiger partial charge in [-0.1, -0.05) is 6.08 Å². The van der Waals surface area contributed by atoms with Crippen LogP contribution in [0.4, 0.5) is 26.3 Å². The van der Waals surface area contributed by atoms with Crippen LogP contribution >= 0.6 is 0 Å². The zero-order valence-electron chi connectivity index (χ0n) is 8.07. The number of hydrogen-bond donors (Lipinski definition) is 0. The van der Waals surface area contributed by atoms with E-state index in [1.54, 1.807) is 0 Å². The Bertz CT molecular complexity index is 196. The van der Waals surface area contributed by atoms with E-state index in [0.717, 1.165) is 6.08 Å². The van der Waals surface area contributed by atoms with E-state index in [1.807, 2.05) is 0 Å². The van der Waals surface area contributed by atoms with Crippen LogP contribution in [0.3, 0.4) is 0 Å². The second kappa shape index (κ2) is 6.14. The van der Waals surface area contributed by atoms with Crippen LogP contribution in [0.1, 0.15) is 0 Å². The summed E-state index contributed by atoms with van der Waals surface area (Å²) in [7, 11) is -1.60. The highest BCUT2D eigenvalue weighted by atomic mass is 19.4. The van der Waals surface area contributed by atoms with Crippen LogP contribution in [0.5, 0.6) is 0 Å². The molecule has 0 saturated carbocycles. The molecule has 16 heavy (non-hydrogen) atoms. The van der Waals surface area contributed by atoms with Gasteiger partial charge >= 0.3 is 19.5 Å². The van der Waals surface area contributed by atoms with Gasteiger partial charge in [0, 0.05) is 6.32 Å². The Balaban J connectivity index is 4.02. The normalized spacial score (nSPS) is 12.6. The minimum atomic E-state index is -4.61. The Morgan fingerprint density at radius 2 is 1.31 bits per heavy atom. The molecule has 2 nitrogen and oxygen atoms in total. The molecule has 0 aliphatic rings. The molecule has 0 unspecified atom stereocenters. The first kappa shape index (κ1) is 15.3. The van der Waals surface area contributed by atoms with Crippen molar-refractivity contribution in [3.05, 3.63) is 12.7 Å². The number of halogens is 6. The van der Waals surface area contributed by atoms with E-state index in [4.69, 9.17) is 0 Å². The lowest BCUT2D eigenvalue weighted by molar-refractivity contribution is -0.168. The van der Waals surface area contributed by atoms with E-state index in [0.29, 0.717) is 0 Å². The summed E-state index contributed by atoms with van der Waals surface area (Å²) < 4.78 is 78.5. The first-order chi connectivity index (χ1) is 7.14. The Hall–Kier alpha value is -0.695. The van der Waals surface area contributed by atoms with Crippen LogP contribution in [-0.4, -0.2) is 32.7 Å². The predicted molar refractivity (Wildman–Crippen MR) is 44.8 cm³/mol. The molecule has 0 spiro atoms. The largest absolute Gasteiger partial charge is 0.461 e. The molecule has 0 saturated heterocycles. The molecule has 0 radical (unpaired) electrons. The molecule has 0 fully saturated rings. The molecule has 0 heterocycles. The van der Waals surface area contributed by atoms with Gasteiger partial charge in [-0.15, -0.1) is 6.58 Å². The van der Waals surface area contributed by atoms with Gasteiger partial charge in [-0.3, -0.25) is 0 Å². The van der Waals surface area contributed by atoms with Crippen LogP contribution < -0.4 is 0 Å². The molecule has 0 aliphatic heterocycles. The highest BCUT2D eigenvalue weighted by Gasteiger charge is 2.34. The van der Waals surface area contributed by atoms with Gasteiger partial charge in [-0.2, -0.15) is 26.3 Å². The van der Waals surface area contributed by atoms with Crippen LogP contribution in [0.2, 0.25) is 6.32 Å². The molecule has 0 atom stereocenters. The zero-order valence-corrected chi connectivity index (χ0v) is 8.07. The SMILES string of the molecule is C=CCB(OCC(F)(F)F)OCC(F)(F)F. The van der Waals surface area contributed by atoms with Crippen LogP contribution in [0, 0.1) is 0 Å². The summed E-state index contributed by atoms with van der Waals surface area (Å²) in [5, 5.41) is 0. The average Bonchev–Trinajstić information content (AvgIpc) is 2.07. The number of rotatable bonds is 6. The summed E-state index contributed by atoms with van der Waals surface area (Å²) in [5.41, 5.74) is 0. The smallest absolute Gasteiger partial charge is 0.402 e. The molecule has 0 aliphatic carbocycles. The molecule has 0 aromatic heterocycles. The Morgan fingerprint density at radius 1 is 0.938 bits per heavy atom. The average molecular weight is 250 g/mol. The third kappa shape index (κ3) is 9.84. The molecule has 0 N–H and O–H groups in total. The predicted octanol–water partition coefficient (Wildman–Crippen LogP) is 2.82. The lowest BCUT2D eigenvalue weighted by atomic mass is 9.85. The second-order valence-corrected chi connectivity index (χ2v) is 2.81. The topological polar surface area (TPSA) is 18.5 Å². The number of hydrogen-bond acceptors (Lipinski definition) is 2. The van der Waals surface area contributed by atoms with Crippen molar-refractivity contribution in [2.75, 3.05) is 13.2 Å². The second-order valence-electron chi connectivity index (χ2n) is 2.81. The summed E-state index contributed by atoms with van der Waals surface area (Å²) in [6.45, 7) is -0.160. The van der Waals surface area contributed by atoms with Crippen molar-refractivity contribution < 1.29 is 35.7 Å². The van der Waals surface area contributed by atoms with Gasteiger partial charge in [0.2, 0.25) is 0 Å². The maximum Gasteiger partial charge on any atom is 0.461 e. The van der Waals surface area contributed by atoms with Crippen LogP contribution in [0.25, 0.3) is 0 Å². The van der Waals surface area contributed by atoms with E-state index in [9.17, 15) is 26.3 Å². The zero-order chi connectivity index (χ0) is 12.8. The Labute approximate surface area is 88.4 Å². The van der Waals surface area contributed by atoms with Crippen molar-refractivity contribution in [1.82, 2.24) is 0 Å². The molecule has 9 heteroatoms. The van der Waals surface area contributed by atoms with Crippen molar-refractivity contribution in [1.29, 1.82) is 0 Å². The maximum atomic E-state index is 11.7. The van der Waals surface area contributed by atoms with E-state index in [1.165, 1.54) is 0 Å². The third-order valence-corrected chi connectivity index (χ3v) is 1.22. The highest BCUT2D eigenvalue weighted by Crippen LogP contribution is 2.18. The first-order valence-corrected chi connectivity index (χ1v) is 4.11. The fourth-order valence-corrected chi connectivity index (χ4v) is 0.695. The van der Waals surface area contributed by atoms with Crippen LogP contribution in [-0.2, 0) is 9.31 Å². The van der Waals surface area contributed by atoms with Gasteiger partial charge in [-0.25, -0.2) is 0 Å². The molecule has 0 aromatic carbocycles. The highest BCUT2D eigenvalue weighted by molar-refractivity contribution is 6.45. The Morgan fingerprint density at radius 3 is 1.56 bits per heavy atom. The van der Waals surface area contributed by atoms with E-state index < -0.39 is 32.7 Å². The quantitative estimate of drug-likeness (QED) is 0.410. The molecule has 0 bridgehead atoms. The van der Waals surface area contributed by atoms with Gasteiger partial charge in [0.05, 0.1) is 0 Å². The van der Waals surface area contributed by atoms with E-state index in [2.05, 4.69) is 15.9 Å². The van der Waals surface area contributed by atoms with Gasteiger partial charge in [-0.05, 0) is 0 Å². The van der Waals surface area contributed by atoms with Gasteiger partial charge < -0.3 is 9.31 Å². The van der Waals surface area contributed by atoms with Crippen molar-refractivity contribution >= 4 is 7.12 Å². The molecule has 0 aromatic rings. The fraction of sp³-hybridized carbons (Fsp3) is 0.714. The molecular formula is C7H9BF6O2. The lowest BCUT2D eigenvalue weighted by Gasteiger charge is -2.15. The van der Waals surface area contributed by atoms with Crippen molar-refractivity contribution in [2.45, 2.75) is 18.7 Å². The third-order valence-electron chi connectivity index (χ3n) is 1.22. The van der Waals surface area contributed by atoms with Crippen molar-refractivity contribution in [2.24, 2.45) is 0 Å². The van der Waals surface area contributed by atoms with Gasteiger partial charge in [0.1, 0.15) is 13.2 Å². The fourth-order valence-electron chi connectivity index (χ4n) is 0.695. The minimum Gasteiger partial charge on any atom is -0.402 e. The van der Waals surface area contributed by atoms with Crippen LogP contribution in [0.15, 0.2) is 12.7 Å². The standard InChI is InChI=1S/C7H9BF6O2/c1-2-3-8(15-4-6(9,10)11)16-5-7(12,13)14/h2H,1,3-5H2. The molecule has 0 rings (SSSR count). The summed E-state index contributed by atoms with van der Waals surface area (Å²) in [6.07, 6.45) is -8.37. The summed E-state index contributed by atoms with van der Waals surface area (Å²) in [5.74, 6) is 0. The Kier molecular flexibility index (Phi) is 5.88. The summed E-state index contributed by atoms with van der Waals surface area (Å²) in [6, 6.07) is 0. The van der Waals surface area contributed by atoms with Crippen molar-refractivity contribution in [3.63, 3.8) is 0 Å². The minimum absolute atomic E-state index is 0.258. The molecule has 0 amide bonds. The summed E-state index contributed by atoms with van der Waals surface area (Å²) >= 11 is 0. The monoisotopic (exact) mass is 250 g/mol. The first-order valence-electron chi connectivity index (χ1n) is 4.11.